The minimum Gasteiger partial charge on any atom is -0.314 e. The molecule has 0 amide bonds. The molecule has 0 atom stereocenters. The number of aryl methyl sites for hydroxylation is 2. The molecule has 5 heteroatoms. The lowest BCUT2D eigenvalue weighted by Crippen LogP contribution is -2.59. The summed E-state index contributed by atoms with van der Waals surface area (Å²) in [6.07, 6.45) is 0. The van der Waals surface area contributed by atoms with Crippen molar-refractivity contribution in [3.63, 3.8) is 0 Å². The molecule has 0 N–H and O–H groups in total. The lowest BCUT2D eigenvalue weighted by molar-refractivity contribution is 1.02. The molecular weight excluding hydrogens is 667 g/mol. The van der Waals surface area contributed by atoms with E-state index in [0.29, 0.717) is 0 Å². The molecule has 0 saturated heterocycles. The average Bonchev–Trinajstić information content (AvgIpc) is 3.66. The first-order chi connectivity index (χ1) is 27.0. The second-order valence-corrected chi connectivity index (χ2v) is 15.0. The fourth-order valence-electron chi connectivity index (χ4n) is 9.76. The summed E-state index contributed by atoms with van der Waals surface area (Å²) in [6.45, 7) is 9.29. The zero-order valence-corrected chi connectivity index (χ0v) is 31.5. The molecule has 55 heavy (non-hydrogen) atoms. The molecule has 0 radical (unpaired) electrons. The van der Waals surface area contributed by atoms with E-state index in [0.717, 1.165) is 22.7 Å². The Balaban J connectivity index is 1.21. The van der Waals surface area contributed by atoms with Crippen LogP contribution in [0.4, 0.5) is 34.1 Å². The van der Waals surface area contributed by atoms with Gasteiger partial charge in [0.1, 0.15) is 0 Å². The lowest BCUT2D eigenvalue weighted by atomic mass is 9.34. The van der Waals surface area contributed by atoms with Crippen LogP contribution >= 0.6 is 0 Å². The maximum Gasteiger partial charge on any atom is 0.252 e. The predicted octanol–water partition coefficient (Wildman–Crippen LogP) is 10.9. The molecule has 0 unspecified atom stereocenters. The lowest BCUT2D eigenvalue weighted by Gasteiger charge is -2.35. The first-order valence-corrected chi connectivity index (χ1v) is 19.3. The molecule has 2 aromatic heterocycles. The van der Waals surface area contributed by atoms with Gasteiger partial charge in [-0.3, -0.25) is 0 Å². The minimum absolute atomic E-state index is 0.0745. The van der Waals surface area contributed by atoms with Crippen LogP contribution in [-0.2, 0) is 0 Å². The fraction of sp³-hybridized carbons (Fsp3) is 0.0800. The van der Waals surface area contributed by atoms with Crippen LogP contribution in [0, 0.1) is 27.7 Å². The Hall–Kier alpha value is -6.72. The van der Waals surface area contributed by atoms with Crippen LogP contribution in [0.15, 0.2) is 164 Å². The van der Waals surface area contributed by atoms with E-state index in [9.17, 15) is 0 Å². The number of para-hydroxylation sites is 4. The Morgan fingerprint density at radius 2 is 0.727 bits per heavy atom. The first-order valence-electron chi connectivity index (χ1n) is 19.3. The van der Waals surface area contributed by atoms with Crippen molar-refractivity contribution < 1.29 is 0 Å². The second-order valence-electron chi connectivity index (χ2n) is 15.0. The molecule has 2 aliphatic heterocycles. The highest BCUT2D eigenvalue weighted by atomic mass is 15.2. The quantitative estimate of drug-likeness (QED) is 0.160. The van der Waals surface area contributed by atoms with E-state index >= 15 is 0 Å². The molecule has 7 aromatic carbocycles. The van der Waals surface area contributed by atoms with Gasteiger partial charge in [0.2, 0.25) is 0 Å². The Labute approximate surface area is 322 Å². The highest BCUT2D eigenvalue weighted by Crippen LogP contribution is 2.46. The summed E-state index contributed by atoms with van der Waals surface area (Å²) in [5.41, 5.74) is 21.4. The zero-order valence-electron chi connectivity index (χ0n) is 31.5. The third-order valence-electron chi connectivity index (χ3n) is 12.3. The average molecular weight is 707 g/mol. The molecule has 262 valence electrons. The van der Waals surface area contributed by atoms with Crippen molar-refractivity contribution in [1.29, 1.82) is 0 Å². The monoisotopic (exact) mass is 706 g/mol. The summed E-state index contributed by atoms with van der Waals surface area (Å²) in [6, 6.07) is 59.7. The molecule has 0 saturated carbocycles. The Morgan fingerprint density at radius 1 is 0.382 bits per heavy atom. The van der Waals surface area contributed by atoms with Crippen molar-refractivity contribution in [3.8, 4) is 11.4 Å². The largest absolute Gasteiger partial charge is 0.314 e. The number of fused-ring (bicyclic) bond motifs is 4. The topological polar surface area (TPSA) is 16.3 Å². The number of nitrogens with zero attached hydrogens (tertiary/aromatic N) is 4. The number of benzene rings is 7. The van der Waals surface area contributed by atoms with Crippen LogP contribution in [0.25, 0.3) is 33.2 Å². The van der Waals surface area contributed by atoms with E-state index < -0.39 is 0 Å². The second kappa shape index (κ2) is 11.9. The number of rotatable bonds is 6. The van der Waals surface area contributed by atoms with Crippen molar-refractivity contribution in [3.05, 3.63) is 186 Å². The fourth-order valence-corrected chi connectivity index (χ4v) is 9.76. The summed E-state index contributed by atoms with van der Waals surface area (Å²) in [4.78, 5) is 4.85. The van der Waals surface area contributed by atoms with Crippen molar-refractivity contribution in [2.45, 2.75) is 27.7 Å². The van der Waals surface area contributed by atoms with Gasteiger partial charge in [-0.05, 0) is 128 Å². The van der Waals surface area contributed by atoms with Gasteiger partial charge in [-0.15, -0.1) is 0 Å². The van der Waals surface area contributed by atoms with Crippen LogP contribution in [-0.4, -0.2) is 15.8 Å². The Bertz CT molecular complexity index is 2690. The van der Waals surface area contributed by atoms with Gasteiger partial charge in [-0.25, -0.2) is 0 Å². The van der Waals surface area contributed by atoms with Crippen LogP contribution in [0.5, 0.6) is 0 Å². The third kappa shape index (κ3) is 4.35. The summed E-state index contributed by atoms with van der Waals surface area (Å²) in [5, 5.41) is 2.61. The van der Waals surface area contributed by atoms with Crippen LogP contribution in [0.3, 0.4) is 0 Å². The van der Waals surface area contributed by atoms with Crippen LogP contribution < -0.4 is 26.2 Å². The van der Waals surface area contributed by atoms with Gasteiger partial charge in [-0.1, -0.05) is 91.0 Å². The van der Waals surface area contributed by atoms with Crippen molar-refractivity contribution in [2.24, 2.45) is 0 Å². The maximum atomic E-state index is 2.56. The zero-order chi connectivity index (χ0) is 36.9. The van der Waals surface area contributed by atoms with Crippen molar-refractivity contribution in [1.82, 2.24) is 9.13 Å². The van der Waals surface area contributed by atoms with Gasteiger partial charge in [0.05, 0.1) is 22.4 Å². The van der Waals surface area contributed by atoms with Crippen molar-refractivity contribution in [2.75, 3.05) is 9.80 Å². The minimum atomic E-state index is 0.0745. The summed E-state index contributed by atoms with van der Waals surface area (Å²) < 4.78 is 5.11. The number of hydrogen-bond acceptors (Lipinski definition) is 2. The molecule has 9 aromatic rings. The normalized spacial score (nSPS) is 12.3. The number of anilines is 6. The van der Waals surface area contributed by atoms with Crippen LogP contribution in [0.2, 0.25) is 0 Å². The van der Waals surface area contributed by atoms with Crippen molar-refractivity contribution >= 4 is 79.0 Å². The van der Waals surface area contributed by atoms with E-state index in [1.807, 2.05) is 0 Å². The third-order valence-corrected chi connectivity index (χ3v) is 12.3. The number of hydrogen-bond donors (Lipinski definition) is 0. The van der Waals surface area contributed by atoms with Gasteiger partial charge in [0.25, 0.3) is 6.71 Å². The molecular formula is C50H39BN4. The summed E-state index contributed by atoms with van der Waals surface area (Å²) in [7, 11) is 0. The molecule has 4 heterocycles. The summed E-state index contributed by atoms with van der Waals surface area (Å²) in [5.74, 6) is 0. The van der Waals surface area contributed by atoms with Gasteiger partial charge < -0.3 is 18.9 Å². The molecule has 0 aliphatic carbocycles. The van der Waals surface area contributed by atoms with E-state index in [1.54, 1.807) is 0 Å². The standard InChI is InChI=1S/C50H39BN4/c1-32-34(3)52-44-26-17-27-45-48(44)51(40-28-30-42(46(32)49(40)52)54(36-18-9-5-10-19-36)37-20-11-6-12-21-37)41-29-31-43(47-33(2)35(4)53(45)50(41)47)55(38-22-13-7-14-23-38)39-24-15-8-16-25-39/h5-31H,1-4H3. The van der Waals surface area contributed by atoms with E-state index in [2.05, 4.69) is 210 Å². The SMILES string of the molecule is Cc1c(C)n2c3c(ccc(N(c4ccccc4)c4ccccc4)c13)B1c3c-2cccc3-n2c(C)c(C)c3c(N(c4ccccc4)c4ccccc4)ccc1c32. The Morgan fingerprint density at radius 3 is 1.07 bits per heavy atom. The van der Waals surface area contributed by atoms with E-state index in [1.165, 1.54) is 83.5 Å². The van der Waals surface area contributed by atoms with Gasteiger partial charge in [0.15, 0.2) is 0 Å². The van der Waals surface area contributed by atoms with E-state index in [4.69, 9.17) is 0 Å². The van der Waals surface area contributed by atoms with Gasteiger partial charge in [0, 0.05) is 56.3 Å². The molecule has 0 spiro atoms. The highest BCUT2D eigenvalue weighted by Gasteiger charge is 2.42. The maximum absolute atomic E-state index is 2.56. The highest BCUT2D eigenvalue weighted by molar-refractivity contribution is 7.00. The smallest absolute Gasteiger partial charge is 0.252 e. The molecule has 11 rings (SSSR count). The molecule has 2 aliphatic rings. The molecule has 0 fully saturated rings. The molecule has 4 nitrogen and oxygen atoms in total. The summed E-state index contributed by atoms with van der Waals surface area (Å²) >= 11 is 0. The Kier molecular flexibility index (Phi) is 6.87. The van der Waals surface area contributed by atoms with E-state index in [-0.39, 0.29) is 6.71 Å². The van der Waals surface area contributed by atoms with Gasteiger partial charge >= 0.3 is 0 Å². The number of aromatic nitrogens is 2. The predicted molar refractivity (Wildman–Crippen MR) is 233 cm³/mol. The van der Waals surface area contributed by atoms with Gasteiger partial charge in [-0.2, -0.15) is 0 Å². The molecule has 0 bridgehead atoms. The van der Waals surface area contributed by atoms with Crippen LogP contribution in [0.1, 0.15) is 22.5 Å². The first kappa shape index (κ1) is 31.8.